The number of aromatic nitrogens is 3. The SMILES string of the molecule is CC1CNCCN1c1nc(OCC2CCOCC2)nc2nc(-c3c(O)cccc3F)c(F)cc12. The molecule has 0 amide bonds. The third-order valence-corrected chi connectivity index (χ3v) is 6.39. The number of rotatable bonds is 5. The maximum atomic E-state index is 15.2. The number of benzene rings is 1. The number of nitrogens with zero attached hydrogens (tertiary/aromatic N) is 4. The number of pyridine rings is 1. The summed E-state index contributed by atoms with van der Waals surface area (Å²) in [4.78, 5) is 15.5. The van der Waals surface area contributed by atoms with Crippen molar-refractivity contribution in [2.24, 2.45) is 5.92 Å². The Kier molecular flexibility index (Phi) is 6.42. The van der Waals surface area contributed by atoms with Gasteiger partial charge in [0.25, 0.3) is 0 Å². The molecule has 2 aromatic heterocycles. The number of fused-ring (bicyclic) bond motifs is 1. The van der Waals surface area contributed by atoms with Crippen LogP contribution in [0.3, 0.4) is 0 Å². The molecule has 0 saturated carbocycles. The van der Waals surface area contributed by atoms with Gasteiger partial charge in [0.15, 0.2) is 11.5 Å². The number of phenolic OH excluding ortho intramolecular Hbond substituents is 1. The first kappa shape index (κ1) is 22.7. The van der Waals surface area contributed by atoms with Crippen LogP contribution >= 0.6 is 0 Å². The van der Waals surface area contributed by atoms with Crippen LogP contribution in [-0.4, -0.2) is 65.6 Å². The Morgan fingerprint density at radius 2 is 2.00 bits per heavy atom. The summed E-state index contributed by atoms with van der Waals surface area (Å²) in [7, 11) is 0. The molecule has 180 valence electrons. The molecule has 4 heterocycles. The van der Waals surface area contributed by atoms with Crippen LogP contribution in [-0.2, 0) is 4.74 Å². The summed E-state index contributed by atoms with van der Waals surface area (Å²) in [6.45, 7) is 6.07. The minimum Gasteiger partial charge on any atom is -0.507 e. The summed E-state index contributed by atoms with van der Waals surface area (Å²) in [5, 5.41) is 13.9. The summed E-state index contributed by atoms with van der Waals surface area (Å²) in [6, 6.07) is 5.30. The molecule has 2 fully saturated rings. The van der Waals surface area contributed by atoms with E-state index in [1.807, 2.05) is 0 Å². The summed E-state index contributed by atoms with van der Waals surface area (Å²) < 4.78 is 41.1. The van der Waals surface area contributed by atoms with Crippen LogP contribution in [0.25, 0.3) is 22.3 Å². The van der Waals surface area contributed by atoms with Gasteiger partial charge in [-0.3, -0.25) is 0 Å². The van der Waals surface area contributed by atoms with Crippen molar-refractivity contribution in [1.29, 1.82) is 0 Å². The second kappa shape index (κ2) is 9.63. The Bertz CT molecular complexity index is 1170. The standard InChI is InChI=1S/C24H27F2N5O3/c1-14-12-27-7-8-31(14)23-16-11-18(26)21(20-17(25)3-2-4-19(20)32)28-22(16)29-24(30-23)34-13-15-5-9-33-10-6-15/h2-4,11,14-15,27,32H,5-10,12-13H2,1H3. The van der Waals surface area contributed by atoms with Gasteiger partial charge in [0, 0.05) is 38.9 Å². The van der Waals surface area contributed by atoms with Crippen molar-refractivity contribution in [2.45, 2.75) is 25.8 Å². The van der Waals surface area contributed by atoms with Crippen LogP contribution in [0.5, 0.6) is 11.8 Å². The van der Waals surface area contributed by atoms with E-state index in [1.54, 1.807) is 0 Å². The van der Waals surface area contributed by atoms with Gasteiger partial charge in [-0.05, 0) is 43.9 Å². The fraction of sp³-hybridized carbons (Fsp3) is 0.458. The number of halogens is 2. The second-order valence-electron chi connectivity index (χ2n) is 8.77. The van der Waals surface area contributed by atoms with Gasteiger partial charge >= 0.3 is 6.01 Å². The Balaban J connectivity index is 1.60. The monoisotopic (exact) mass is 471 g/mol. The van der Waals surface area contributed by atoms with E-state index in [-0.39, 0.29) is 29.0 Å². The highest BCUT2D eigenvalue weighted by molar-refractivity contribution is 5.90. The lowest BCUT2D eigenvalue weighted by molar-refractivity contribution is 0.0483. The first-order valence-electron chi connectivity index (χ1n) is 11.6. The Hall–Kier alpha value is -3.11. The molecule has 0 aliphatic carbocycles. The maximum Gasteiger partial charge on any atom is 0.320 e. The molecule has 2 saturated heterocycles. The number of aromatic hydroxyl groups is 1. The normalized spacial score (nSPS) is 19.5. The molecule has 2 aliphatic heterocycles. The third kappa shape index (κ3) is 4.47. The van der Waals surface area contributed by atoms with Gasteiger partial charge in [-0.1, -0.05) is 6.07 Å². The molecule has 0 radical (unpaired) electrons. The summed E-state index contributed by atoms with van der Waals surface area (Å²) in [5.74, 6) is -1.08. The topological polar surface area (TPSA) is 92.6 Å². The Labute approximate surface area is 195 Å². The highest BCUT2D eigenvalue weighted by Gasteiger charge is 2.26. The lowest BCUT2D eigenvalue weighted by Crippen LogP contribution is -2.50. The molecule has 2 aliphatic rings. The maximum absolute atomic E-state index is 15.2. The van der Waals surface area contributed by atoms with E-state index in [1.165, 1.54) is 18.2 Å². The fourth-order valence-corrected chi connectivity index (χ4v) is 4.46. The van der Waals surface area contributed by atoms with Crippen LogP contribution in [0.1, 0.15) is 19.8 Å². The van der Waals surface area contributed by atoms with Gasteiger partial charge in [-0.25, -0.2) is 13.8 Å². The smallest absolute Gasteiger partial charge is 0.320 e. The number of piperazine rings is 1. The Morgan fingerprint density at radius 3 is 2.76 bits per heavy atom. The average molecular weight is 472 g/mol. The van der Waals surface area contributed by atoms with Crippen molar-refractivity contribution in [3.05, 3.63) is 35.9 Å². The van der Waals surface area contributed by atoms with E-state index in [0.29, 0.717) is 43.5 Å². The molecule has 3 aromatic rings. The summed E-state index contributed by atoms with van der Waals surface area (Å²) in [6.07, 6.45) is 1.80. The molecular formula is C24H27F2N5O3. The van der Waals surface area contributed by atoms with Gasteiger partial charge < -0.3 is 24.8 Å². The zero-order valence-electron chi connectivity index (χ0n) is 18.9. The molecule has 1 aromatic carbocycles. The predicted octanol–water partition coefficient (Wildman–Crippen LogP) is 3.28. The predicted molar refractivity (Wildman–Crippen MR) is 123 cm³/mol. The molecular weight excluding hydrogens is 444 g/mol. The zero-order valence-corrected chi connectivity index (χ0v) is 18.9. The number of hydrogen-bond acceptors (Lipinski definition) is 8. The van der Waals surface area contributed by atoms with Crippen molar-refractivity contribution in [3.63, 3.8) is 0 Å². The molecule has 0 bridgehead atoms. The van der Waals surface area contributed by atoms with Crippen molar-refractivity contribution < 1.29 is 23.4 Å². The van der Waals surface area contributed by atoms with E-state index >= 15 is 4.39 Å². The lowest BCUT2D eigenvalue weighted by Gasteiger charge is -2.35. The van der Waals surface area contributed by atoms with Crippen LogP contribution in [0.15, 0.2) is 24.3 Å². The molecule has 5 rings (SSSR count). The highest BCUT2D eigenvalue weighted by Crippen LogP contribution is 2.36. The number of hydrogen-bond donors (Lipinski definition) is 2. The van der Waals surface area contributed by atoms with Crippen molar-refractivity contribution in [3.8, 4) is 23.0 Å². The number of ether oxygens (including phenoxy) is 2. The van der Waals surface area contributed by atoms with Crippen molar-refractivity contribution >= 4 is 16.9 Å². The first-order valence-corrected chi connectivity index (χ1v) is 11.6. The molecule has 8 nitrogen and oxygen atoms in total. The fourth-order valence-electron chi connectivity index (χ4n) is 4.46. The van der Waals surface area contributed by atoms with E-state index in [4.69, 9.17) is 9.47 Å². The van der Waals surface area contributed by atoms with Crippen molar-refractivity contribution in [2.75, 3.05) is 44.4 Å². The molecule has 2 N–H and O–H groups in total. The number of phenols is 1. The van der Waals surface area contributed by atoms with Gasteiger partial charge in [0.2, 0.25) is 0 Å². The minimum absolute atomic E-state index is 0.105. The lowest BCUT2D eigenvalue weighted by atomic mass is 10.0. The first-order chi connectivity index (χ1) is 16.5. The van der Waals surface area contributed by atoms with Gasteiger partial charge in [0.1, 0.15) is 23.1 Å². The molecule has 10 heteroatoms. The van der Waals surface area contributed by atoms with Gasteiger partial charge in [-0.2, -0.15) is 9.97 Å². The van der Waals surface area contributed by atoms with Crippen LogP contribution in [0, 0.1) is 17.6 Å². The number of nitrogens with one attached hydrogen (secondary N) is 1. The molecule has 1 atom stereocenters. The highest BCUT2D eigenvalue weighted by atomic mass is 19.1. The van der Waals surface area contributed by atoms with E-state index in [2.05, 4.69) is 32.1 Å². The van der Waals surface area contributed by atoms with Crippen LogP contribution < -0.4 is 15.0 Å². The van der Waals surface area contributed by atoms with E-state index in [9.17, 15) is 9.50 Å². The van der Waals surface area contributed by atoms with Gasteiger partial charge in [0.05, 0.1) is 17.6 Å². The zero-order chi connectivity index (χ0) is 23.7. The van der Waals surface area contributed by atoms with Crippen molar-refractivity contribution in [1.82, 2.24) is 20.3 Å². The summed E-state index contributed by atoms with van der Waals surface area (Å²) >= 11 is 0. The molecule has 34 heavy (non-hydrogen) atoms. The summed E-state index contributed by atoms with van der Waals surface area (Å²) in [5.41, 5.74) is -0.435. The van der Waals surface area contributed by atoms with E-state index < -0.39 is 17.4 Å². The third-order valence-electron chi connectivity index (χ3n) is 6.39. The Morgan fingerprint density at radius 1 is 1.18 bits per heavy atom. The largest absolute Gasteiger partial charge is 0.507 e. The molecule has 1 unspecified atom stereocenters. The minimum atomic E-state index is -0.772. The molecule has 0 spiro atoms. The second-order valence-corrected chi connectivity index (χ2v) is 8.77. The number of anilines is 1. The van der Waals surface area contributed by atoms with Crippen LogP contribution in [0.4, 0.5) is 14.6 Å². The van der Waals surface area contributed by atoms with E-state index in [0.717, 1.165) is 32.0 Å². The van der Waals surface area contributed by atoms with Gasteiger partial charge in [-0.15, -0.1) is 0 Å². The average Bonchev–Trinajstić information content (AvgIpc) is 2.84. The quantitative estimate of drug-likeness (QED) is 0.586. The van der Waals surface area contributed by atoms with Crippen LogP contribution in [0.2, 0.25) is 0 Å².